The van der Waals surface area contributed by atoms with Gasteiger partial charge >= 0.3 is 0 Å². The Morgan fingerprint density at radius 1 is 1.12 bits per heavy atom. The molecule has 0 saturated carbocycles. The second kappa shape index (κ2) is 6.43. The van der Waals surface area contributed by atoms with Crippen LogP contribution in [0.2, 0.25) is 5.02 Å². The first-order valence-corrected chi connectivity index (χ1v) is 8.85. The second-order valence-electron chi connectivity index (χ2n) is 5.61. The van der Waals surface area contributed by atoms with E-state index < -0.39 is 0 Å². The van der Waals surface area contributed by atoms with Gasteiger partial charge in [-0.1, -0.05) is 41.9 Å². The fourth-order valence-corrected chi connectivity index (χ4v) is 3.76. The molecule has 6 heteroatoms. The fourth-order valence-electron chi connectivity index (χ4n) is 2.73. The van der Waals surface area contributed by atoms with Gasteiger partial charge in [0, 0.05) is 21.5 Å². The highest BCUT2D eigenvalue weighted by Gasteiger charge is 2.14. The Kier molecular flexibility index (Phi) is 4.11. The summed E-state index contributed by atoms with van der Waals surface area (Å²) < 4.78 is 15.3. The maximum Gasteiger partial charge on any atom is 0.263 e. The Labute approximate surface area is 152 Å². The predicted molar refractivity (Wildman–Crippen MR) is 99.8 cm³/mol. The second-order valence-corrected chi connectivity index (χ2v) is 6.90. The van der Waals surface area contributed by atoms with Crippen molar-refractivity contribution >= 4 is 33.2 Å². The van der Waals surface area contributed by atoms with Gasteiger partial charge in [-0.25, -0.2) is 9.37 Å². The largest absolute Gasteiger partial charge is 0.294 e. The Hall–Kier alpha value is -2.50. The van der Waals surface area contributed by atoms with Crippen molar-refractivity contribution in [3.05, 3.63) is 87.0 Å². The molecule has 0 radical (unpaired) electrons. The van der Waals surface area contributed by atoms with Gasteiger partial charge in [-0.3, -0.25) is 9.36 Å². The number of nitrogens with zero attached hydrogens (tertiary/aromatic N) is 2. The zero-order valence-electron chi connectivity index (χ0n) is 12.9. The lowest BCUT2D eigenvalue weighted by Crippen LogP contribution is -2.21. The SMILES string of the molecule is O=c1c2c(-c3ccc(Cl)cc3)csc2ncn1Cc1ccccc1F. The first-order chi connectivity index (χ1) is 12.1. The summed E-state index contributed by atoms with van der Waals surface area (Å²) in [5.41, 5.74) is 1.99. The van der Waals surface area contributed by atoms with Crippen LogP contribution in [0.1, 0.15) is 5.56 Å². The zero-order valence-corrected chi connectivity index (χ0v) is 14.5. The third kappa shape index (κ3) is 2.97. The number of halogens is 2. The van der Waals surface area contributed by atoms with Crippen LogP contribution < -0.4 is 5.56 Å². The summed E-state index contributed by atoms with van der Waals surface area (Å²) in [4.78, 5) is 18.0. The minimum Gasteiger partial charge on any atom is -0.294 e. The molecule has 4 rings (SSSR count). The molecule has 3 nitrogen and oxygen atoms in total. The highest BCUT2D eigenvalue weighted by atomic mass is 35.5. The van der Waals surface area contributed by atoms with Crippen molar-refractivity contribution in [1.82, 2.24) is 9.55 Å². The molecule has 0 amide bonds. The smallest absolute Gasteiger partial charge is 0.263 e. The van der Waals surface area contributed by atoms with E-state index in [9.17, 15) is 9.18 Å². The van der Waals surface area contributed by atoms with Crippen LogP contribution in [0.3, 0.4) is 0 Å². The summed E-state index contributed by atoms with van der Waals surface area (Å²) in [5, 5.41) is 3.10. The zero-order chi connectivity index (χ0) is 17.4. The van der Waals surface area contributed by atoms with Crippen LogP contribution in [0.5, 0.6) is 0 Å². The Balaban J connectivity index is 1.85. The van der Waals surface area contributed by atoms with Gasteiger partial charge < -0.3 is 0 Å². The lowest BCUT2D eigenvalue weighted by atomic mass is 10.1. The number of fused-ring (bicyclic) bond motifs is 1. The number of hydrogen-bond donors (Lipinski definition) is 0. The molecule has 0 spiro atoms. The Bertz CT molecular complexity index is 1120. The molecule has 0 atom stereocenters. The van der Waals surface area contributed by atoms with E-state index in [1.54, 1.807) is 30.3 Å². The summed E-state index contributed by atoms with van der Waals surface area (Å²) >= 11 is 7.36. The van der Waals surface area contributed by atoms with E-state index in [-0.39, 0.29) is 17.9 Å². The highest BCUT2D eigenvalue weighted by Crippen LogP contribution is 2.31. The van der Waals surface area contributed by atoms with Crippen molar-refractivity contribution in [3.63, 3.8) is 0 Å². The van der Waals surface area contributed by atoms with E-state index in [2.05, 4.69) is 4.98 Å². The van der Waals surface area contributed by atoms with Crippen LogP contribution in [-0.4, -0.2) is 9.55 Å². The average Bonchev–Trinajstić information content (AvgIpc) is 3.05. The van der Waals surface area contributed by atoms with Crippen LogP contribution in [0.15, 0.2) is 65.0 Å². The average molecular weight is 371 g/mol. The minimum absolute atomic E-state index is 0.143. The number of aromatic nitrogens is 2. The summed E-state index contributed by atoms with van der Waals surface area (Å²) in [5.74, 6) is -0.335. The van der Waals surface area contributed by atoms with Gasteiger partial charge in [0.2, 0.25) is 0 Å². The lowest BCUT2D eigenvalue weighted by molar-refractivity contribution is 0.595. The molecule has 4 aromatic rings. The molecule has 0 saturated heterocycles. The molecule has 0 bridgehead atoms. The van der Waals surface area contributed by atoms with Crippen molar-refractivity contribution in [3.8, 4) is 11.1 Å². The van der Waals surface area contributed by atoms with Gasteiger partial charge in [-0.2, -0.15) is 0 Å². The molecular formula is C19H12ClFN2OS. The molecule has 0 fully saturated rings. The van der Waals surface area contributed by atoms with E-state index >= 15 is 0 Å². The summed E-state index contributed by atoms with van der Waals surface area (Å²) in [6, 6.07) is 13.7. The van der Waals surface area contributed by atoms with Crippen molar-refractivity contribution in [2.75, 3.05) is 0 Å². The van der Waals surface area contributed by atoms with Crippen molar-refractivity contribution in [2.24, 2.45) is 0 Å². The van der Waals surface area contributed by atoms with Crippen molar-refractivity contribution in [1.29, 1.82) is 0 Å². The van der Waals surface area contributed by atoms with Crippen LogP contribution in [0.4, 0.5) is 4.39 Å². The molecule has 25 heavy (non-hydrogen) atoms. The number of benzene rings is 2. The number of hydrogen-bond acceptors (Lipinski definition) is 3. The molecule has 2 aromatic heterocycles. The molecular weight excluding hydrogens is 359 g/mol. The van der Waals surface area contributed by atoms with Crippen molar-refractivity contribution in [2.45, 2.75) is 6.54 Å². The van der Waals surface area contributed by atoms with Gasteiger partial charge in [0.1, 0.15) is 10.6 Å². The van der Waals surface area contributed by atoms with Gasteiger partial charge in [0.05, 0.1) is 18.3 Å². The molecule has 124 valence electrons. The number of thiophene rings is 1. The summed E-state index contributed by atoms with van der Waals surface area (Å²) in [6.45, 7) is 0.143. The molecule has 0 N–H and O–H groups in total. The van der Waals surface area contributed by atoms with Crippen LogP contribution in [0, 0.1) is 5.82 Å². The van der Waals surface area contributed by atoms with Gasteiger partial charge in [-0.05, 0) is 23.8 Å². The Morgan fingerprint density at radius 2 is 1.88 bits per heavy atom. The van der Waals surface area contributed by atoms with E-state index in [4.69, 9.17) is 11.6 Å². The minimum atomic E-state index is -0.335. The topological polar surface area (TPSA) is 34.9 Å². The van der Waals surface area contributed by atoms with Gasteiger partial charge in [0.25, 0.3) is 5.56 Å². The normalized spacial score (nSPS) is 11.1. The summed E-state index contributed by atoms with van der Waals surface area (Å²) in [6.07, 6.45) is 1.47. The van der Waals surface area contributed by atoms with E-state index in [0.29, 0.717) is 20.8 Å². The number of rotatable bonds is 3. The molecule has 0 aliphatic rings. The van der Waals surface area contributed by atoms with Gasteiger partial charge in [-0.15, -0.1) is 11.3 Å². The fraction of sp³-hybridized carbons (Fsp3) is 0.0526. The molecule has 0 aliphatic carbocycles. The summed E-state index contributed by atoms with van der Waals surface area (Å²) in [7, 11) is 0. The van der Waals surface area contributed by atoms with E-state index in [0.717, 1.165) is 11.1 Å². The maximum absolute atomic E-state index is 13.9. The van der Waals surface area contributed by atoms with Gasteiger partial charge in [0.15, 0.2) is 0 Å². The van der Waals surface area contributed by atoms with Crippen LogP contribution in [-0.2, 0) is 6.54 Å². The third-order valence-corrected chi connectivity index (χ3v) is 5.15. The standard InChI is InChI=1S/C19H12ClFN2OS/c20-14-7-5-12(6-8-14)15-10-25-18-17(15)19(24)23(11-22-18)9-13-3-1-2-4-16(13)21/h1-8,10-11H,9H2. The quantitative estimate of drug-likeness (QED) is 0.510. The first-order valence-electron chi connectivity index (χ1n) is 7.59. The van der Waals surface area contributed by atoms with Crippen LogP contribution in [0.25, 0.3) is 21.3 Å². The molecule has 2 heterocycles. The highest BCUT2D eigenvalue weighted by molar-refractivity contribution is 7.17. The molecule has 0 aliphatic heterocycles. The maximum atomic E-state index is 13.9. The monoisotopic (exact) mass is 370 g/mol. The van der Waals surface area contributed by atoms with Crippen molar-refractivity contribution < 1.29 is 4.39 Å². The predicted octanol–water partition coefficient (Wildman–Crippen LogP) is 4.97. The Morgan fingerprint density at radius 3 is 2.64 bits per heavy atom. The first kappa shape index (κ1) is 16.0. The van der Waals surface area contributed by atoms with Crippen LogP contribution >= 0.6 is 22.9 Å². The third-order valence-electron chi connectivity index (χ3n) is 4.01. The van der Waals surface area contributed by atoms with E-state index in [1.807, 2.05) is 17.5 Å². The van der Waals surface area contributed by atoms with E-state index in [1.165, 1.54) is 28.3 Å². The molecule has 0 unspecified atom stereocenters. The molecule has 2 aromatic carbocycles. The lowest BCUT2D eigenvalue weighted by Gasteiger charge is -2.07.